The number of anilines is 1. The molecule has 9 heteroatoms. The summed E-state index contributed by atoms with van der Waals surface area (Å²) in [5.41, 5.74) is 1.15. The van der Waals surface area contributed by atoms with Crippen molar-refractivity contribution in [1.82, 2.24) is 10.2 Å². The van der Waals surface area contributed by atoms with Crippen LogP contribution in [0.4, 0.5) is 18.9 Å². The second kappa shape index (κ2) is 8.04. The number of carbonyl (C=O) groups excluding carboxylic acids is 1. The van der Waals surface area contributed by atoms with Gasteiger partial charge in [0.25, 0.3) is 5.91 Å². The summed E-state index contributed by atoms with van der Waals surface area (Å²) in [6, 6.07) is 6.24. The highest BCUT2D eigenvalue weighted by Crippen LogP contribution is 2.36. The number of hydrogen-bond donors (Lipinski definition) is 1. The number of nitrogens with zero attached hydrogens (tertiary/aromatic N) is 2. The minimum Gasteiger partial charge on any atom is -0.351 e. The van der Waals surface area contributed by atoms with E-state index in [0.29, 0.717) is 11.4 Å². The number of amides is 1. The summed E-state index contributed by atoms with van der Waals surface area (Å²) in [5, 5.41) is 3.00. The van der Waals surface area contributed by atoms with Crippen molar-refractivity contribution >= 4 is 40.5 Å². The minimum absolute atomic E-state index is 0.0788. The van der Waals surface area contributed by atoms with E-state index in [2.05, 4.69) is 5.32 Å². The van der Waals surface area contributed by atoms with Crippen molar-refractivity contribution in [3.8, 4) is 0 Å². The van der Waals surface area contributed by atoms with Crippen LogP contribution in [0.5, 0.6) is 0 Å². The number of halogens is 4. The Morgan fingerprint density at radius 1 is 1.14 bits per heavy atom. The Hall–Kier alpha value is -2.58. The van der Waals surface area contributed by atoms with E-state index in [4.69, 9.17) is 23.8 Å². The third kappa shape index (κ3) is 3.95. The van der Waals surface area contributed by atoms with Gasteiger partial charge in [0, 0.05) is 37.1 Å². The fourth-order valence-corrected chi connectivity index (χ4v) is 3.70. The van der Waals surface area contributed by atoms with Gasteiger partial charge in [-0.3, -0.25) is 9.69 Å². The van der Waals surface area contributed by atoms with Crippen molar-refractivity contribution in [3.63, 3.8) is 0 Å². The molecule has 1 amide bonds. The van der Waals surface area contributed by atoms with Crippen LogP contribution in [0.3, 0.4) is 0 Å². The van der Waals surface area contributed by atoms with Gasteiger partial charge in [-0.15, -0.1) is 0 Å². The summed E-state index contributed by atoms with van der Waals surface area (Å²) in [4.78, 5) is 15.8. The van der Waals surface area contributed by atoms with Gasteiger partial charge in [-0.1, -0.05) is 17.7 Å². The summed E-state index contributed by atoms with van der Waals surface area (Å²) in [5.74, 6) is -2.51. The molecule has 1 heterocycles. The molecule has 3 rings (SSSR count). The van der Waals surface area contributed by atoms with Crippen LogP contribution >= 0.6 is 23.8 Å². The van der Waals surface area contributed by atoms with Crippen LogP contribution in [-0.2, 0) is 4.79 Å². The van der Waals surface area contributed by atoms with Gasteiger partial charge in [0.1, 0.15) is 17.5 Å². The topological polar surface area (TPSA) is 35.6 Å². The summed E-state index contributed by atoms with van der Waals surface area (Å²) < 4.78 is 41.5. The zero-order chi connectivity index (χ0) is 21.5. The molecule has 0 spiro atoms. The average Bonchev–Trinajstić information content (AvgIpc) is 2.63. The van der Waals surface area contributed by atoms with Crippen molar-refractivity contribution in [2.75, 3.05) is 19.0 Å². The lowest BCUT2D eigenvalue weighted by Gasteiger charge is -2.38. The van der Waals surface area contributed by atoms with Crippen molar-refractivity contribution in [1.29, 1.82) is 0 Å². The molecule has 0 fully saturated rings. The number of carbonyl (C=O) groups is 1. The van der Waals surface area contributed by atoms with E-state index in [1.54, 1.807) is 21.0 Å². The lowest BCUT2D eigenvalue weighted by Crippen LogP contribution is -2.49. The van der Waals surface area contributed by atoms with Gasteiger partial charge in [-0.2, -0.15) is 0 Å². The fraction of sp³-hybridized carbons (Fsp3) is 0.200. The summed E-state index contributed by atoms with van der Waals surface area (Å²) >= 11 is 11.3. The third-order valence-corrected chi connectivity index (χ3v) is 5.15. The normalized spacial score (nSPS) is 16.7. The maximum Gasteiger partial charge on any atom is 0.253 e. The zero-order valence-corrected chi connectivity index (χ0v) is 17.3. The predicted molar refractivity (Wildman–Crippen MR) is 110 cm³/mol. The smallest absolute Gasteiger partial charge is 0.253 e. The van der Waals surface area contributed by atoms with Crippen LogP contribution in [-0.4, -0.2) is 30.0 Å². The monoisotopic (exact) mass is 439 g/mol. The first-order valence-electron chi connectivity index (χ1n) is 8.55. The van der Waals surface area contributed by atoms with Crippen LogP contribution in [0.2, 0.25) is 5.02 Å². The standard InChI is InChI=1S/C20H17ClF3N3OS/c1-10-17(19(28)26(2)3)18(13-6-4-11(22)8-16(13)24)25-20(29)27(10)12-5-7-15(23)14(21)9-12/h4-9,18H,1-3H3,(H,25,29). The van der Waals surface area contributed by atoms with Crippen molar-refractivity contribution in [2.24, 2.45) is 0 Å². The quantitative estimate of drug-likeness (QED) is 0.711. The van der Waals surface area contributed by atoms with E-state index in [1.807, 2.05) is 0 Å². The number of allylic oxidation sites excluding steroid dienone is 1. The second-order valence-corrected chi connectivity index (χ2v) is 7.47. The Morgan fingerprint density at radius 3 is 2.41 bits per heavy atom. The maximum absolute atomic E-state index is 14.5. The molecule has 0 bridgehead atoms. The van der Waals surface area contributed by atoms with Crippen LogP contribution in [0.1, 0.15) is 18.5 Å². The molecule has 29 heavy (non-hydrogen) atoms. The summed E-state index contributed by atoms with van der Waals surface area (Å²) in [6.07, 6.45) is 0. The number of nitrogens with one attached hydrogen (secondary N) is 1. The van der Waals surface area contributed by atoms with Gasteiger partial charge in [0.2, 0.25) is 0 Å². The van der Waals surface area contributed by atoms with Crippen molar-refractivity contribution in [2.45, 2.75) is 13.0 Å². The molecule has 2 aromatic rings. The van der Waals surface area contributed by atoms with Gasteiger partial charge in [0.15, 0.2) is 5.11 Å². The van der Waals surface area contributed by atoms with Gasteiger partial charge >= 0.3 is 0 Å². The molecular formula is C20H17ClF3N3OS. The highest BCUT2D eigenvalue weighted by molar-refractivity contribution is 7.80. The molecule has 1 aliphatic heterocycles. The highest BCUT2D eigenvalue weighted by atomic mass is 35.5. The van der Waals surface area contributed by atoms with Gasteiger partial charge < -0.3 is 10.2 Å². The van der Waals surface area contributed by atoms with Crippen LogP contribution in [0.25, 0.3) is 0 Å². The largest absolute Gasteiger partial charge is 0.351 e. The Bertz CT molecular complexity index is 1040. The van der Waals surface area contributed by atoms with E-state index >= 15 is 0 Å². The summed E-state index contributed by atoms with van der Waals surface area (Å²) in [6.45, 7) is 1.65. The van der Waals surface area contributed by atoms with Gasteiger partial charge in [0.05, 0.1) is 16.6 Å². The maximum atomic E-state index is 14.5. The number of thiocarbonyl (C=S) groups is 1. The molecule has 0 aromatic heterocycles. The predicted octanol–water partition coefficient (Wildman–Crippen LogP) is 4.56. The first-order chi connectivity index (χ1) is 13.6. The number of hydrogen-bond acceptors (Lipinski definition) is 2. The SMILES string of the molecule is CC1=C(C(=O)N(C)C)C(c2ccc(F)cc2F)NC(=S)N1c1ccc(F)c(Cl)c1. The fourth-order valence-electron chi connectivity index (χ4n) is 3.16. The Morgan fingerprint density at radius 2 is 1.83 bits per heavy atom. The zero-order valence-electron chi connectivity index (χ0n) is 15.8. The second-order valence-electron chi connectivity index (χ2n) is 6.68. The molecule has 0 saturated carbocycles. The number of rotatable bonds is 3. The summed E-state index contributed by atoms with van der Waals surface area (Å²) in [7, 11) is 3.12. The average molecular weight is 440 g/mol. The molecule has 4 nitrogen and oxygen atoms in total. The molecule has 1 aliphatic rings. The Kier molecular flexibility index (Phi) is 5.86. The molecule has 2 aromatic carbocycles. The van der Waals surface area contributed by atoms with Crippen molar-refractivity contribution in [3.05, 3.63) is 75.7 Å². The molecule has 0 aliphatic carbocycles. The van der Waals surface area contributed by atoms with Crippen LogP contribution in [0, 0.1) is 17.5 Å². The molecule has 1 N–H and O–H groups in total. The molecule has 1 atom stereocenters. The lowest BCUT2D eigenvalue weighted by atomic mass is 9.93. The van der Waals surface area contributed by atoms with Gasteiger partial charge in [-0.25, -0.2) is 13.2 Å². The molecule has 1 unspecified atom stereocenters. The number of likely N-dealkylation sites (N-methyl/N-ethyl adjacent to an activating group) is 1. The van der Waals surface area contributed by atoms with Crippen molar-refractivity contribution < 1.29 is 18.0 Å². The third-order valence-electron chi connectivity index (χ3n) is 4.56. The van der Waals surface area contributed by atoms with Crippen LogP contribution in [0.15, 0.2) is 47.7 Å². The minimum atomic E-state index is -0.926. The number of benzene rings is 2. The molecule has 0 radical (unpaired) electrons. The van der Waals surface area contributed by atoms with E-state index in [-0.39, 0.29) is 27.2 Å². The Balaban J connectivity index is 2.20. The molecular weight excluding hydrogens is 423 g/mol. The molecule has 0 saturated heterocycles. The van der Waals surface area contributed by atoms with E-state index in [0.717, 1.165) is 12.1 Å². The van der Waals surface area contributed by atoms with Gasteiger partial charge in [-0.05, 0) is 43.4 Å². The highest BCUT2D eigenvalue weighted by Gasteiger charge is 2.36. The van der Waals surface area contributed by atoms with E-state index < -0.39 is 23.5 Å². The molecule has 152 valence electrons. The first-order valence-corrected chi connectivity index (χ1v) is 9.33. The first kappa shape index (κ1) is 21.1. The van der Waals surface area contributed by atoms with E-state index in [9.17, 15) is 18.0 Å². The van der Waals surface area contributed by atoms with E-state index in [1.165, 1.54) is 34.1 Å². The Labute approximate surface area is 176 Å². The lowest BCUT2D eigenvalue weighted by molar-refractivity contribution is -0.125. The van der Waals surface area contributed by atoms with Crippen LogP contribution < -0.4 is 10.2 Å².